The van der Waals surface area contributed by atoms with E-state index < -0.39 is 0 Å². The lowest BCUT2D eigenvalue weighted by Gasteiger charge is -2.33. The second kappa shape index (κ2) is 8.43. The Balaban J connectivity index is 2.35. The molecule has 3 nitrogen and oxygen atoms in total. The van der Waals surface area contributed by atoms with Gasteiger partial charge in [-0.25, -0.2) is 0 Å². The smallest absolute Gasteiger partial charge is 0.252 e. The van der Waals surface area contributed by atoms with Crippen molar-refractivity contribution in [3.8, 4) is 5.75 Å². The van der Waals surface area contributed by atoms with Gasteiger partial charge in [0.25, 0.3) is 5.91 Å². The summed E-state index contributed by atoms with van der Waals surface area (Å²) in [6.07, 6.45) is 2.81. The minimum atomic E-state index is -0.302. The van der Waals surface area contributed by atoms with Crippen molar-refractivity contribution in [1.82, 2.24) is 5.32 Å². The van der Waals surface area contributed by atoms with Crippen LogP contribution in [0, 0.1) is 5.41 Å². The molecule has 2 aromatic carbocycles. The monoisotopic (exact) mass is 365 g/mol. The van der Waals surface area contributed by atoms with E-state index in [0.29, 0.717) is 5.57 Å². The number of hydrogen-bond acceptors (Lipinski definition) is 2. The first kappa shape index (κ1) is 20.8. The molecule has 0 radical (unpaired) electrons. The summed E-state index contributed by atoms with van der Waals surface area (Å²) in [7, 11) is 1.64. The molecule has 0 atom stereocenters. The van der Waals surface area contributed by atoms with E-state index in [-0.39, 0.29) is 16.9 Å². The van der Waals surface area contributed by atoms with E-state index in [4.69, 9.17) is 4.74 Å². The van der Waals surface area contributed by atoms with Gasteiger partial charge in [0.15, 0.2) is 0 Å². The Labute approximate surface area is 163 Å². The molecule has 0 saturated heterocycles. The molecule has 0 heterocycles. The topological polar surface area (TPSA) is 38.3 Å². The Morgan fingerprint density at radius 1 is 0.963 bits per heavy atom. The summed E-state index contributed by atoms with van der Waals surface area (Å²) in [6, 6.07) is 17.5. The molecule has 3 heteroatoms. The fourth-order valence-electron chi connectivity index (χ4n) is 3.51. The van der Waals surface area contributed by atoms with Crippen LogP contribution in [0.25, 0.3) is 11.6 Å². The molecule has 0 saturated carbocycles. The van der Waals surface area contributed by atoms with Crippen molar-refractivity contribution in [2.45, 2.75) is 46.6 Å². The van der Waals surface area contributed by atoms with Gasteiger partial charge < -0.3 is 10.1 Å². The maximum Gasteiger partial charge on any atom is 0.252 e. The van der Waals surface area contributed by atoms with Crippen molar-refractivity contribution in [2.75, 3.05) is 7.11 Å². The van der Waals surface area contributed by atoms with Gasteiger partial charge in [-0.15, -0.1) is 0 Å². The van der Waals surface area contributed by atoms with Gasteiger partial charge in [-0.05, 0) is 55.0 Å². The largest absolute Gasteiger partial charge is 0.497 e. The number of amides is 1. The van der Waals surface area contributed by atoms with Gasteiger partial charge in [-0.1, -0.05) is 63.2 Å². The van der Waals surface area contributed by atoms with Gasteiger partial charge >= 0.3 is 0 Å². The predicted octanol–water partition coefficient (Wildman–Crippen LogP) is 5.57. The first-order valence-corrected chi connectivity index (χ1v) is 9.33. The summed E-state index contributed by atoms with van der Waals surface area (Å²) in [4.78, 5) is 13.2. The van der Waals surface area contributed by atoms with Crippen LogP contribution in [0.4, 0.5) is 0 Å². The zero-order chi connectivity index (χ0) is 20.1. The second-order valence-corrected chi connectivity index (χ2v) is 8.77. The summed E-state index contributed by atoms with van der Waals surface area (Å²) >= 11 is 0. The highest BCUT2D eigenvalue weighted by atomic mass is 16.5. The van der Waals surface area contributed by atoms with E-state index in [1.165, 1.54) is 0 Å². The average Bonchev–Trinajstić information content (AvgIpc) is 2.58. The Bertz CT molecular complexity index is 781. The summed E-state index contributed by atoms with van der Waals surface area (Å²) in [5.41, 5.74) is 2.34. The van der Waals surface area contributed by atoms with Crippen molar-refractivity contribution in [1.29, 1.82) is 0 Å². The molecule has 2 rings (SSSR count). The molecule has 0 spiro atoms. The normalized spacial score (nSPS) is 12.6. The van der Waals surface area contributed by atoms with Crippen LogP contribution in [0.5, 0.6) is 5.75 Å². The van der Waals surface area contributed by atoms with E-state index >= 15 is 0 Å². The van der Waals surface area contributed by atoms with Gasteiger partial charge in [-0.2, -0.15) is 0 Å². The second-order valence-electron chi connectivity index (χ2n) is 8.77. The number of hydrogen-bond donors (Lipinski definition) is 1. The fraction of sp³-hybridized carbons (Fsp3) is 0.375. The van der Waals surface area contributed by atoms with E-state index in [1.807, 2.05) is 60.7 Å². The number of methoxy groups -OCH3 is 1. The standard InChI is InChI=1S/C24H31NO2/c1-23(2,3)17-24(4,5)25-22(26)21(19-10-8-7-9-11-19)16-18-12-14-20(27-6)15-13-18/h7-16H,17H2,1-6H3,(H,25,26)/b21-16+. The zero-order valence-electron chi connectivity index (χ0n) is 17.3. The quantitative estimate of drug-likeness (QED) is 0.537. The van der Waals surface area contributed by atoms with Gasteiger partial charge in [0.1, 0.15) is 5.75 Å². The molecule has 2 aromatic rings. The minimum Gasteiger partial charge on any atom is -0.497 e. The highest BCUT2D eigenvalue weighted by Crippen LogP contribution is 2.28. The molecule has 0 aromatic heterocycles. The van der Waals surface area contributed by atoms with Crippen LogP contribution in [0.2, 0.25) is 0 Å². The van der Waals surface area contributed by atoms with Crippen LogP contribution in [0.1, 0.15) is 52.2 Å². The summed E-state index contributed by atoms with van der Waals surface area (Å²) in [5, 5.41) is 3.22. The molecule has 0 aliphatic rings. The van der Waals surface area contributed by atoms with Crippen LogP contribution in [0.15, 0.2) is 54.6 Å². The Morgan fingerprint density at radius 3 is 2.07 bits per heavy atom. The number of benzene rings is 2. The van der Waals surface area contributed by atoms with Gasteiger partial charge in [0.2, 0.25) is 0 Å². The third-order valence-electron chi connectivity index (χ3n) is 4.18. The molecule has 144 valence electrons. The molecule has 1 amide bonds. The predicted molar refractivity (Wildman–Crippen MR) is 114 cm³/mol. The molecule has 0 fully saturated rings. The van der Waals surface area contributed by atoms with Crippen LogP contribution in [0.3, 0.4) is 0 Å². The van der Waals surface area contributed by atoms with Crippen LogP contribution in [-0.4, -0.2) is 18.6 Å². The molecule has 0 aliphatic heterocycles. The number of nitrogens with one attached hydrogen (secondary N) is 1. The molecular weight excluding hydrogens is 334 g/mol. The maximum atomic E-state index is 13.2. The Morgan fingerprint density at radius 2 is 1.56 bits per heavy atom. The SMILES string of the molecule is COc1ccc(/C=C(/C(=O)NC(C)(C)CC(C)(C)C)c2ccccc2)cc1. The molecule has 0 unspecified atom stereocenters. The lowest BCUT2D eigenvalue weighted by molar-refractivity contribution is -0.117. The van der Waals surface area contributed by atoms with Gasteiger partial charge in [0.05, 0.1) is 7.11 Å². The molecule has 0 bridgehead atoms. The first-order chi connectivity index (χ1) is 12.6. The molecule has 1 N–H and O–H groups in total. The number of ether oxygens (including phenoxy) is 1. The first-order valence-electron chi connectivity index (χ1n) is 9.33. The van der Waals surface area contributed by atoms with E-state index in [0.717, 1.165) is 23.3 Å². The number of carbonyl (C=O) groups excluding carboxylic acids is 1. The maximum absolute atomic E-state index is 13.2. The van der Waals surface area contributed by atoms with E-state index in [1.54, 1.807) is 7.11 Å². The lowest BCUT2D eigenvalue weighted by Crippen LogP contribution is -2.46. The van der Waals surface area contributed by atoms with Crippen molar-refractivity contribution in [3.05, 3.63) is 65.7 Å². The van der Waals surface area contributed by atoms with E-state index in [2.05, 4.69) is 39.9 Å². The van der Waals surface area contributed by atoms with Crippen LogP contribution in [-0.2, 0) is 4.79 Å². The summed E-state index contributed by atoms with van der Waals surface area (Å²) in [6.45, 7) is 10.7. The minimum absolute atomic E-state index is 0.0636. The molecule has 0 aliphatic carbocycles. The number of carbonyl (C=O) groups is 1. The molecule has 27 heavy (non-hydrogen) atoms. The van der Waals surface area contributed by atoms with Crippen molar-refractivity contribution < 1.29 is 9.53 Å². The third-order valence-corrected chi connectivity index (χ3v) is 4.18. The van der Waals surface area contributed by atoms with Crippen LogP contribution >= 0.6 is 0 Å². The summed E-state index contributed by atoms with van der Waals surface area (Å²) in [5.74, 6) is 0.732. The Hall–Kier alpha value is -2.55. The van der Waals surface area contributed by atoms with Crippen molar-refractivity contribution >= 4 is 17.6 Å². The average molecular weight is 366 g/mol. The van der Waals surface area contributed by atoms with Crippen molar-refractivity contribution in [3.63, 3.8) is 0 Å². The Kier molecular flexibility index (Phi) is 6.48. The lowest BCUT2D eigenvalue weighted by atomic mass is 9.81. The fourth-order valence-corrected chi connectivity index (χ4v) is 3.51. The van der Waals surface area contributed by atoms with Gasteiger partial charge in [0, 0.05) is 11.1 Å². The van der Waals surface area contributed by atoms with E-state index in [9.17, 15) is 4.79 Å². The highest BCUT2D eigenvalue weighted by Gasteiger charge is 2.28. The molecular formula is C24H31NO2. The third kappa shape index (κ3) is 6.59. The zero-order valence-corrected chi connectivity index (χ0v) is 17.3. The number of rotatable bonds is 6. The van der Waals surface area contributed by atoms with Crippen molar-refractivity contribution in [2.24, 2.45) is 5.41 Å². The van der Waals surface area contributed by atoms with Gasteiger partial charge in [-0.3, -0.25) is 4.79 Å². The van der Waals surface area contributed by atoms with Crippen LogP contribution < -0.4 is 10.1 Å². The highest BCUT2D eigenvalue weighted by molar-refractivity contribution is 6.24. The summed E-state index contributed by atoms with van der Waals surface area (Å²) < 4.78 is 5.22.